The van der Waals surface area contributed by atoms with Crippen molar-refractivity contribution < 1.29 is 27.8 Å². The van der Waals surface area contributed by atoms with E-state index in [4.69, 9.17) is 4.42 Å². The van der Waals surface area contributed by atoms with Crippen LogP contribution in [0.15, 0.2) is 51.7 Å². The van der Waals surface area contributed by atoms with Crippen molar-refractivity contribution >= 4 is 11.0 Å². The summed E-state index contributed by atoms with van der Waals surface area (Å²) in [6.07, 6.45) is -4.78. The molecule has 0 amide bonds. The number of benzene rings is 2. The largest absolute Gasteiger partial charge is 0.507 e. The number of para-hydroxylation sites is 1. The highest BCUT2D eigenvalue weighted by molar-refractivity contribution is 5.81. The maximum atomic E-state index is 12.9. The van der Waals surface area contributed by atoms with E-state index < -0.39 is 28.7 Å². The summed E-state index contributed by atoms with van der Waals surface area (Å²) in [5, 5.41) is 19.4. The normalized spacial score (nSPS) is 11.8. The fourth-order valence-corrected chi connectivity index (χ4v) is 2.23. The molecule has 1 heterocycles. The third kappa shape index (κ3) is 2.50. The molecule has 3 aromatic rings. The van der Waals surface area contributed by atoms with E-state index in [2.05, 4.69) is 0 Å². The summed E-state index contributed by atoms with van der Waals surface area (Å²) in [4.78, 5) is 12.1. The van der Waals surface area contributed by atoms with Crippen molar-refractivity contribution in [3.05, 3.63) is 58.3 Å². The average molecular weight is 322 g/mol. The molecule has 0 spiro atoms. The molecule has 0 saturated heterocycles. The number of hydrogen-bond acceptors (Lipinski definition) is 4. The molecule has 2 N–H and O–H groups in total. The summed E-state index contributed by atoms with van der Waals surface area (Å²) >= 11 is 0. The lowest BCUT2D eigenvalue weighted by Gasteiger charge is -2.11. The van der Waals surface area contributed by atoms with Gasteiger partial charge in [0.05, 0.1) is 10.9 Å². The topological polar surface area (TPSA) is 70.7 Å². The molecular weight excluding hydrogens is 313 g/mol. The van der Waals surface area contributed by atoms with Crippen LogP contribution in [-0.4, -0.2) is 10.2 Å². The molecule has 0 aliphatic heterocycles. The second-order valence-electron chi connectivity index (χ2n) is 4.83. The van der Waals surface area contributed by atoms with Crippen LogP contribution in [-0.2, 0) is 6.18 Å². The molecule has 1 aromatic heterocycles. The number of fused-ring (bicyclic) bond motifs is 1. The van der Waals surface area contributed by atoms with Crippen molar-refractivity contribution in [2.24, 2.45) is 0 Å². The quantitative estimate of drug-likeness (QED) is 0.713. The summed E-state index contributed by atoms with van der Waals surface area (Å²) in [6, 6.07) is 8.62. The van der Waals surface area contributed by atoms with Crippen molar-refractivity contribution in [2.45, 2.75) is 6.18 Å². The fraction of sp³-hybridized carbons (Fsp3) is 0.0625. The Kier molecular flexibility index (Phi) is 3.28. The Hall–Kier alpha value is -2.96. The maximum Gasteiger partial charge on any atom is 0.419 e. The second kappa shape index (κ2) is 5.05. The van der Waals surface area contributed by atoms with Gasteiger partial charge in [0.15, 0.2) is 5.76 Å². The van der Waals surface area contributed by atoms with Gasteiger partial charge in [-0.15, -0.1) is 0 Å². The lowest BCUT2D eigenvalue weighted by atomic mass is 10.1. The third-order valence-electron chi connectivity index (χ3n) is 3.34. The molecule has 0 aliphatic carbocycles. The fourth-order valence-electron chi connectivity index (χ4n) is 2.23. The van der Waals surface area contributed by atoms with Crippen LogP contribution in [0.2, 0.25) is 0 Å². The molecule has 0 saturated carbocycles. The van der Waals surface area contributed by atoms with E-state index in [1.807, 2.05) is 0 Å². The maximum absolute atomic E-state index is 12.9. The predicted octanol–water partition coefficient (Wildman–Crippen LogP) is 3.89. The van der Waals surface area contributed by atoms with Gasteiger partial charge in [-0.1, -0.05) is 12.1 Å². The number of phenolic OH excluding ortho intramolecular Hbond substituents is 1. The van der Waals surface area contributed by atoms with Crippen molar-refractivity contribution in [1.29, 1.82) is 0 Å². The first-order valence-electron chi connectivity index (χ1n) is 6.44. The molecule has 23 heavy (non-hydrogen) atoms. The van der Waals surface area contributed by atoms with Gasteiger partial charge in [0.2, 0.25) is 11.2 Å². The molecule has 0 bridgehead atoms. The first kappa shape index (κ1) is 15.0. The van der Waals surface area contributed by atoms with Gasteiger partial charge in [-0.2, -0.15) is 13.2 Å². The minimum absolute atomic E-state index is 0.114. The Morgan fingerprint density at radius 2 is 1.70 bits per heavy atom. The van der Waals surface area contributed by atoms with Crippen LogP contribution >= 0.6 is 0 Å². The zero-order valence-corrected chi connectivity index (χ0v) is 11.4. The molecule has 4 nitrogen and oxygen atoms in total. The van der Waals surface area contributed by atoms with E-state index in [-0.39, 0.29) is 22.3 Å². The number of rotatable bonds is 1. The number of hydrogen-bond donors (Lipinski definition) is 2. The first-order valence-corrected chi connectivity index (χ1v) is 6.44. The van der Waals surface area contributed by atoms with Gasteiger partial charge in [0.25, 0.3) is 0 Å². The van der Waals surface area contributed by atoms with E-state index in [0.717, 1.165) is 12.1 Å². The smallest absolute Gasteiger partial charge is 0.419 e. The molecular formula is C16H9F3O4. The predicted molar refractivity (Wildman–Crippen MR) is 76.3 cm³/mol. The lowest BCUT2D eigenvalue weighted by Crippen LogP contribution is -2.06. The van der Waals surface area contributed by atoms with Crippen LogP contribution in [0.25, 0.3) is 22.3 Å². The van der Waals surface area contributed by atoms with E-state index in [1.165, 1.54) is 12.1 Å². The Balaban J connectivity index is 2.30. The van der Waals surface area contributed by atoms with Crippen LogP contribution < -0.4 is 5.43 Å². The molecule has 0 radical (unpaired) electrons. The SMILES string of the molecule is O=c1c(O)c(-c2ccc(O)c(C(F)(F)F)c2)oc2ccccc12. The second-order valence-corrected chi connectivity index (χ2v) is 4.83. The Morgan fingerprint density at radius 1 is 1.00 bits per heavy atom. The number of aromatic hydroxyl groups is 2. The van der Waals surface area contributed by atoms with Gasteiger partial charge >= 0.3 is 6.18 Å². The van der Waals surface area contributed by atoms with Crippen LogP contribution in [0.4, 0.5) is 13.2 Å². The molecule has 118 valence electrons. The van der Waals surface area contributed by atoms with Crippen LogP contribution in [0, 0.1) is 0 Å². The molecule has 0 unspecified atom stereocenters. The van der Waals surface area contributed by atoms with E-state index in [1.54, 1.807) is 12.1 Å². The summed E-state index contributed by atoms with van der Waals surface area (Å²) in [7, 11) is 0. The van der Waals surface area contributed by atoms with Gasteiger partial charge in [0.1, 0.15) is 11.3 Å². The minimum Gasteiger partial charge on any atom is -0.507 e. The van der Waals surface area contributed by atoms with Crippen LogP contribution in [0.3, 0.4) is 0 Å². The number of phenols is 1. The van der Waals surface area contributed by atoms with Gasteiger partial charge < -0.3 is 14.6 Å². The standard InChI is InChI=1S/C16H9F3O4/c17-16(18,19)10-7-8(5-6-11(10)20)15-14(22)13(21)9-3-1-2-4-12(9)23-15/h1-7,20,22H. The number of halogens is 3. The zero-order chi connectivity index (χ0) is 16.8. The molecule has 0 aliphatic rings. The number of alkyl halides is 3. The van der Waals surface area contributed by atoms with Gasteiger partial charge in [-0.3, -0.25) is 4.79 Å². The zero-order valence-electron chi connectivity index (χ0n) is 11.4. The molecule has 3 rings (SSSR count). The van der Waals surface area contributed by atoms with E-state index in [0.29, 0.717) is 6.07 Å². The summed E-state index contributed by atoms with van der Waals surface area (Å²) in [5.74, 6) is -2.13. The van der Waals surface area contributed by atoms with Crippen molar-refractivity contribution in [3.63, 3.8) is 0 Å². The summed E-state index contributed by atoms with van der Waals surface area (Å²) < 4.78 is 44.0. The van der Waals surface area contributed by atoms with Gasteiger partial charge in [-0.05, 0) is 30.3 Å². The van der Waals surface area contributed by atoms with Crippen molar-refractivity contribution in [3.8, 4) is 22.8 Å². The summed E-state index contributed by atoms with van der Waals surface area (Å²) in [6.45, 7) is 0. The third-order valence-corrected chi connectivity index (χ3v) is 3.34. The van der Waals surface area contributed by atoms with Gasteiger partial charge in [-0.25, -0.2) is 0 Å². The molecule has 0 fully saturated rings. The molecule has 2 aromatic carbocycles. The van der Waals surface area contributed by atoms with Crippen LogP contribution in [0.1, 0.15) is 5.56 Å². The molecule has 0 atom stereocenters. The highest BCUT2D eigenvalue weighted by Crippen LogP contribution is 2.39. The molecule has 7 heteroatoms. The van der Waals surface area contributed by atoms with Crippen molar-refractivity contribution in [2.75, 3.05) is 0 Å². The van der Waals surface area contributed by atoms with Crippen molar-refractivity contribution in [1.82, 2.24) is 0 Å². The monoisotopic (exact) mass is 322 g/mol. The lowest BCUT2D eigenvalue weighted by molar-refractivity contribution is -0.138. The Morgan fingerprint density at radius 3 is 2.39 bits per heavy atom. The Labute approximate surface area is 127 Å². The van der Waals surface area contributed by atoms with E-state index >= 15 is 0 Å². The van der Waals surface area contributed by atoms with E-state index in [9.17, 15) is 28.2 Å². The van der Waals surface area contributed by atoms with Gasteiger partial charge in [0, 0.05) is 5.56 Å². The summed E-state index contributed by atoms with van der Waals surface area (Å²) in [5.41, 5.74) is -2.07. The Bertz CT molecular complexity index is 958. The van der Waals surface area contributed by atoms with Crippen LogP contribution in [0.5, 0.6) is 11.5 Å². The first-order chi connectivity index (χ1) is 10.8. The highest BCUT2D eigenvalue weighted by atomic mass is 19.4. The minimum atomic E-state index is -4.78. The average Bonchev–Trinajstić information content (AvgIpc) is 2.50. The highest BCUT2D eigenvalue weighted by Gasteiger charge is 2.34.